The van der Waals surface area contributed by atoms with Crippen LogP contribution in [0.4, 0.5) is 8.78 Å². The summed E-state index contributed by atoms with van der Waals surface area (Å²) in [6.07, 6.45) is -0.167. The van der Waals surface area contributed by atoms with Gasteiger partial charge in [-0.25, -0.2) is 13.8 Å². The summed E-state index contributed by atoms with van der Waals surface area (Å²) >= 11 is 4.35. The zero-order chi connectivity index (χ0) is 14.0. The number of ketones is 1. The maximum Gasteiger partial charge on any atom is 0.144 e. The fraction of sp³-hybridized carbons (Fsp3) is 0.231. The first-order chi connectivity index (χ1) is 8.97. The molecule has 0 spiro atoms. The largest absolute Gasteiger partial charge is 0.299 e. The molecule has 0 radical (unpaired) electrons. The Morgan fingerprint density at radius 1 is 1.37 bits per heavy atom. The summed E-state index contributed by atoms with van der Waals surface area (Å²) in [4.78, 5) is 16.0. The molecule has 19 heavy (non-hydrogen) atoms. The second-order valence-corrected chi connectivity index (χ2v) is 5.89. The number of thiazole rings is 1. The van der Waals surface area contributed by atoms with Crippen molar-refractivity contribution in [1.82, 2.24) is 4.98 Å². The van der Waals surface area contributed by atoms with Gasteiger partial charge in [-0.15, -0.1) is 11.3 Å². The molecule has 0 fully saturated rings. The minimum atomic E-state index is -0.719. The van der Waals surface area contributed by atoms with Crippen molar-refractivity contribution in [3.63, 3.8) is 0 Å². The van der Waals surface area contributed by atoms with Gasteiger partial charge in [0.2, 0.25) is 0 Å². The molecule has 0 aliphatic carbocycles. The lowest BCUT2D eigenvalue weighted by Gasteiger charge is -2.05. The number of Topliss-reactive ketones (excluding diaryl/α,β-unsaturated/α-hetero) is 1. The van der Waals surface area contributed by atoms with Crippen molar-refractivity contribution < 1.29 is 13.6 Å². The molecular weight excluding hydrogens is 336 g/mol. The van der Waals surface area contributed by atoms with Crippen LogP contribution in [0.1, 0.15) is 16.3 Å². The second-order valence-electron chi connectivity index (χ2n) is 4.10. The molecule has 1 aromatic heterocycles. The van der Waals surface area contributed by atoms with Crippen LogP contribution < -0.4 is 0 Å². The Labute approximate surface area is 121 Å². The molecule has 0 amide bonds. The Morgan fingerprint density at radius 3 is 2.74 bits per heavy atom. The van der Waals surface area contributed by atoms with Crippen molar-refractivity contribution in [2.24, 2.45) is 0 Å². The van der Waals surface area contributed by atoms with E-state index in [1.807, 2.05) is 12.3 Å². The first kappa shape index (κ1) is 14.3. The highest BCUT2D eigenvalue weighted by Gasteiger charge is 2.16. The molecule has 100 valence electrons. The molecule has 2 rings (SSSR count). The molecular formula is C13H10BrF2NOS. The van der Waals surface area contributed by atoms with Crippen molar-refractivity contribution >= 4 is 33.0 Å². The van der Waals surface area contributed by atoms with Crippen molar-refractivity contribution in [2.75, 3.05) is 0 Å². The van der Waals surface area contributed by atoms with Gasteiger partial charge in [-0.05, 0) is 35.0 Å². The third-order valence-electron chi connectivity index (χ3n) is 2.53. The smallest absolute Gasteiger partial charge is 0.144 e. The molecule has 0 saturated carbocycles. The van der Waals surface area contributed by atoms with Gasteiger partial charge in [0.1, 0.15) is 22.4 Å². The van der Waals surface area contributed by atoms with Crippen LogP contribution in [0, 0.1) is 18.6 Å². The number of halogens is 3. The fourth-order valence-electron chi connectivity index (χ4n) is 1.64. The molecule has 0 atom stereocenters. The summed E-state index contributed by atoms with van der Waals surface area (Å²) in [6, 6.07) is 2.42. The Bertz CT molecular complexity index is 627. The van der Waals surface area contributed by atoms with Gasteiger partial charge in [-0.1, -0.05) is 0 Å². The number of aromatic nitrogens is 1. The lowest BCUT2D eigenvalue weighted by atomic mass is 10.1. The quantitative estimate of drug-likeness (QED) is 0.788. The van der Waals surface area contributed by atoms with Crippen LogP contribution in [0.3, 0.4) is 0 Å². The van der Waals surface area contributed by atoms with Gasteiger partial charge in [0.25, 0.3) is 0 Å². The van der Waals surface area contributed by atoms with Crippen LogP contribution in [0.5, 0.6) is 0 Å². The molecule has 0 bridgehead atoms. The van der Waals surface area contributed by atoms with E-state index in [1.54, 1.807) is 0 Å². The van der Waals surface area contributed by atoms with Crippen LogP contribution >= 0.6 is 27.3 Å². The van der Waals surface area contributed by atoms with Gasteiger partial charge < -0.3 is 0 Å². The van der Waals surface area contributed by atoms with E-state index < -0.39 is 11.6 Å². The van der Waals surface area contributed by atoms with Crippen LogP contribution in [0.25, 0.3) is 0 Å². The average molecular weight is 346 g/mol. The lowest BCUT2D eigenvalue weighted by molar-refractivity contribution is -0.117. The normalized spacial score (nSPS) is 10.7. The summed E-state index contributed by atoms with van der Waals surface area (Å²) in [7, 11) is 0. The summed E-state index contributed by atoms with van der Waals surface area (Å²) in [5.74, 6) is -1.68. The Balaban J connectivity index is 2.13. The van der Waals surface area contributed by atoms with Crippen LogP contribution in [0.15, 0.2) is 22.0 Å². The summed E-state index contributed by atoms with van der Waals surface area (Å²) in [5.41, 5.74) is 0.639. The van der Waals surface area contributed by atoms with Crippen molar-refractivity contribution in [2.45, 2.75) is 19.8 Å². The molecule has 2 nitrogen and oxygen atoms in total. The zero-order valence-electron chi connectivity index (χ0n) is 10.0. The lowest BCUT2D eigenvalue weighted by Crippen LogP contribution is -2.10. The first-order valence-corrected chi connectivity index (χ1v) is 7.19. The summed E-state index contributed by atoms with van der Waals surface area (Å²) in [5, 5.41) is 2.50. The third-order valence-corrected chi connectivity index (χ3v) is 4.11. The molecule has 0 N–H and O–H groups in total. The van der Waals surface area contributed by atoms with E-state index in [-0.39, 0.29) is 28.7 Å². The molecule has 0 saturated heterocycles. The van der Waals surface area contributed by atoms with E-state index in [9.17, 15) is 13.6 Å². The molecule has 6 heteroatoms. The molecule has 0 aliphatic heterocycles. The number of aryl methyl sites for hydroxylation is 1. The number of benzene rings is 1. The van der Waals surface area contributed by atoms with E-state index in [1.165, 1.54) is 17.4 Å². The Morgan fingerprint density at radius 2 is 2.11 bits per heavy atom. The summed E-state index contributed by atoms with van der Waals surface area (Å²) in [6.45, 7) is 1.83. The Kier molecular flexibility index (Phi) is 4.42. The number of nitrogens with zero attached hydrogens (tertiary/aromatic N) is 1. The number of hydrogen-bond donors (Lipinski definition) is 0. The molecule has 2 aromatic rings. The fourth-order valence-corrected chi connectivity index (χ4v) is 2.82. The van der Waals surface area contributed by atoms with Gasteiger partial charge in [0, 0.05) is 23.1 Å². The van der Waals surface area contributed by atoms with Crippen LogP contribution in [-0.2, 0) is 17.6 Å². The van der Waals surface area contributed by atoms with Crippen LogP contribution in [-0.4, -0.2) is 10.8 Å². The highest BCUT2D eigenvalue weighted by atomic mass is 79.9. The van der Waals surface area contributed by atoms with E-state index in [0.717, 1.165) is 11.8 Å². The van der Waals surface area contributed by atoms with Gasteiger partial charge in [-0.3, -0.25) is 4.79 Å². The summed E-state index contributed by atoms with van der Waals surface area (Å²) < 4.78 is 27.4. The molecule has 0 aliphatic rings. The Hall–Kier alpha value is -1.14. The highest BCUT2D eigenvalue weighted by Crippen LogP contribution is 2.22. The minimum Gasteiger partial charge on any atom is -0.299 e. The molecule has 1 heterocycles. The van der Waals surface area contributed by atoms with Gasteiger partial charge in [-0.2, -0.15) is 0 Å². The number of hydrogen-bond acceptors (Lipinski definition) is 3. The molecule has 0 unspecified atom stereocenters. The maximum absolute atomic E-state index is 13.7. The van der Waals surface area contributed by atoms with Gasteiger partial charge >= 0.3 is 0 Å². The third kappa shape index (κ3) is 3.45. The van der Waals surface area contributed by atoms with Crippen molar-refractivity contribution in [3.05, 3.63) is 49.9 Å². The minimum absolute atomic E-state index is 0.101. The maximum atomic E-state index is 13.7. The standard InChI is InChI=1S/C13H10BrF2NOS/c1-7-6-19-12(17-7)5-8(18)4-9-11(15)3-2-10(14)13(9)16/h2-3,6H,4-5H2,1H3. The number of carbonyl (C=O) groups is 1. The van der Waals surface area contributed by atoms with Crippen molar-refractivity contribution in [1.29, 1.82) is 0 Å². The predicted molar refractivity (Wildman–Crippen MR) is 73.3 cm³/mol. The second kappa shape index (κ2) is 5.88. The first-order valence-electron chi connectivity index (χ1n) is 5.52. The van der Waals surface area contributed by atoms with Gasteiger partial charge in [0.05, 0.1) is 10.9 Å². The van der Waals surface area contributed by atoms with Crippen molar-refractivity contribution in [3.8, 4) is 0 Å². The predicted octanol–water partition coefficient (Wildman–Crippen LogP) is 3.85. The van der Waals surface area contributed by atoms with E-state index in [0.29, 0.717) is 5.01 Å². The topological polar surface area (TPSA) is 30.0 Å². The monoisotopic (exact) mass is 345 g/mol. The van der Waals surface area contributed by atoms with Crippen LogP contribution in [0.2, 0.25) is 0 Å². The zero-order valence-corrected chi connectivity index (χ0v) is 12.4. The average Bonchev–Trinajstić information content (AvgIpc) is 2.75. The molecule has 1 aromatic carbocycles. The highest BCUT2D eigenvalue weighted by molar-refractivity contribution is 9.10. The number of carbonyl (C=O) groups excluding carboxylic acids is 1. The van der Waals surface area contributed by atoms with E-state index >= 15 is 0 Å². The van der Waals surface area contributed by atoms with Gasteiger partial charge in [0.15, 0.2) is 0 Å². The number of rotatable bonds is 4. The van der Waals surface area contributed by atoms with E-state index in [2.05, 4.69) is 20.9 Å². The SMILES string of the molecule is Cc1csc(CC(=O)Cc2c(F)ccc(Br)c2F)n1. The van der Waals surface area contributed by atoms with E-state index in [4.69, 9.17) is 0 Å².